The van der Waals surface area contributed by atoms with E-state index >= 15 is 0 Å². The van der Waals surface area contributed by atoms with E-state index in [1.807, 2.05) is 24.3 Å². The second kappa shape index (κ2) is 10.2. The lowest BCUT2D eigenvalue weighted by molar-refractivity contribution is -0.139. The van der Waals surface area contributed by atoms with Gasteiger partial charge in [0.1, 0.15) is 5.75 Å². The van der Waals surface area contributed by atoms with Gasteiger partial charge in [0.25, 0.3) is 0 Å². The molecule has 4 rings (SSSR count). The van der Waals surface area contributed by atoms with Gasteiger partial charge < -0.3 is 25.2 Å². The van der Waals surface area contributed by atoms with Gasteiger partial charge in [0.15, 0.2) is 6.61 Å². The molecule has 0 radical (unpaired) electrons. The molecule has 2 aromatic carbocycles. The molecule has 0 spiro atoms. The van der Waals surface area contributed by atoms with Gasteiger partial charge in [0, 0.05) is 32.4 Å². The zero-order valence-electron chi connectivity index (χ0n) is 19.1. The van der Waals surface area contributed by atoms with Crippen LogP contribution in [-0.4, -0.2) is 77.2 Å². The fourth-order valence-corrected chi connectivity index (χ4v) is 4.48. The van der Waals surface area contributed by atoms with Crippen LogP contribution in [0, 0.1) is 0 Å². The number of carboxylic acids is 1. The van der Waals surface area contributed by atoms with Gasteiger partial charge in [-0.1, -0.05) is 24.3 Å². The van der Waals surface area contributed by atoms with Gasteiger partial charge in [-0.15, -0.1) is 0 Å². The lowest BCUT2D eigenvalue weighted by Gasteiger charge is -2.32. The van der Waals surface area contributed by atoms with Crippen LogP contribution < -0.4 is 10.1 Å². The number of hydrogen-bond donors (Lipinski definition) is 3. The molecule has 180 valence electrons. The fraction of sp³-hybridized carbons (Fsp3) is 0.400. The molecule has 2 heterocycles. The molecule has 1 saturated heterocycles. The maximum Gasteiger partial charge on any atom is 0.341 e. The van der Waals surface area contributed by atoms with Crippen molar-refractivity contribution in [3.05, 3.63) is 59.2 Å². The summed E-state index contributed by atoms with van der Waals surface area (Å²) in [7, 11) is 1.75. The molecule has 2 aromatic rings. The average molecular weight is 468 g/mol. The number of aliphatic hydroxyl groups excluding tert-OH is 1. The minimum Gasteiger partial charge on any atom is -0.482 e. The highest BCUT2D eigenvalue weighted by Crippen LogP contribution is 2.28. The first-order valence-corrected chi connectivity index (χ1v) is 11.3. The van der Waals surface area contributed by atoms with Crippen LogP contribution in [0.2, 0.25) is 0 Å². The number of likely N-dealkylation sites (N-methyl/N-ethyl adjacent to an activating group) is 1. The van der Waals surface area contributed by atoms with E-state index < -0.39 is 12.6 Å². The number of carbonyl (C=O) groups excluding carboxylic acids is 2. The zero-order valence-corrected chi connectivity index (χ0v) is 19.1. The minimum absolute atomic E-state index is 0.0477. The first-order chi connectivity index (χ1) is 16.3. The van der Waals surface area contributed by atoms with Gasteiger partial charge >= 0.3 is 5.97 Å². The summed E-state index contributed by atoms with van der Waals surface area (Å²) < 4.78 is 5.34. The van der Waals surface area contributed by atoms with Crippen molar-refractivity contribution in [2.45, 2.75) is 31.4 Å². The van der Waals surface area contributed by atoms with Crippen molar-refractivity contribution in [1.29, 1.82) is 0 Å². The number of amides is 2. The molecular weight excluding hydrogens is 438 g/mol. The molecule has 1 fully saturated rings. The number of aliphatic hydroxyl groups is 1. The maximum absolute atomic E-state index is 13.3. The highest BCUT2D eigenvalue weighted by molar-refractivity contribution is 5.99. The van der Waals surface area contributed by atoms with Crippen molar-refractivity contribution >= 4 is 23.5 Å². The fourth-order valence-electron chi connectivity index (χ4n) is 4.48. The quantitative estimate of drug-likeness (QED) is 0.511. The molecule has 9 nitrogen and oxygen atoms in total. The Balaban J connectivity index is 1.52. The van der Waals surface area contributed by atoms with Crippen molar-refractivity contribution in [3.8, 4) is 5.75 Å². The third-order valence-electron chi connectivity index (χ3n) is 6.30. The molecule has 2 aliphatic rings. The summed E-state index contributed by atoms with van der Waals surface area (Å²) in [5.41, 5.74) is 3.31. The number of ether oxygens (including phenoxy) is 1. The Morgan fingerprint density at radius 3 is 2.82 bits per heavy atom. The number of likely N-dealkylation sites (tertiary alicyclic amines) is 1. The lowest BCUT2D eigenvalue weighted by Crippen LogP contribution is -2.39. The topological polar surface area (TPSA) is 119 Å². The summed E-state index contributed by atoms with van der Waals surface area (Å²) in [5.74, 6) is -0.785. The summed E-state index contributed by atoms with van der Waals surface area (Å²) in [4.78, 5) is 39.6. The predicted molar refractivity (Wildman–Crippen MR) is 125 cm³/mol. The summed E-state index contributed by atoms with van der Waals surface area (Å²) in [6.45, 7) is 1.36. The number of carbonyl (C=O) groups is 3. The zero-order chi connectivity index (χ0) is 24.2. The molecule has 1 unspecified atom stereocenters. The Hall–Kier alpha value is -3.43. The van der Waals surface area contributed by atoms with E-state index in [1.165, 1.54) is 0 Å². The van der Waals surface area contributed by atoms with Crippen LogP contribution in [0.15, 0.2) is 42.5 Å². The van der Waals surface area contributed by atoms with Gasteiger partial charge in [-0.3, -0.25) is 14.5 Å². The Morgan fingerprint density at radius 1 is 1.26 bits per heavy atom. The van der Waals surface area contributed by atoms with Gasteiger partial charge in [-0.2, -0.15) is 0 Å². The van der Waals surface area contributed by atoms with Crippen LogP contribution in [0.4, 0.5) is 5.69 Å². The van der Waals surface area contributed by atoms with Crippen LogP contribution in [0.3, 0.4) is 0 Å². The number of aliphatic carboxylic acids is 1. The van der Waals surface area contributed by atoms with Gasteiger partial charge in [0.05, 0.1) is 25.0 Å². The van der Waals surface area contributed by atoms with E-state index in [2.05, 4.69) is 10.2 Å². The molecule has 3 N–H and O–H groups in total. The third kappa shape index (κ3) is 5.73. The van der Waals surface area contributed by atoms with Gasteiger partial charge in [0.2, 0.25) is 11.8 Å². The summed E-state index contributed by atoms with van der Waals surface area (Å²) in [6, 6.07) is 12.4. The Labute approximate surface area is 197 Å². The number of fused-ring (bicyclic) bond motifs is 1. The first kappa shape index (κ1) is 23.7. The molecule has 9 heteroatoms. The number of anilines is 1. The monoisotopic (exact) mass is 467 g/mol. The number of hydrogen-bond acceptors (Lipinski definition) is 6. The van der Waals surface area contributed by atoms with Crippen molar-refractivity contribution in [3.63, 3.8) is 0 Å². The smallest absolute Gasteiger partial charge is 0.341 e. The van der Waals surface area contributed by atoms with Crippen molar-refractivity contribution in [2.75, 3.05) is 38.6 Å². The molecule has 0 aromatic heterocycles. The van der Waals surface area contributed by atoms with Gasteiger partial charge in [-0.25, -0.2) is 4.79 Å². The number of rotatable bonds is 9. The van der Waals surface area contributed by atoms with Gasteiger partial charge in [-0.05, 0) is 41.3 Å². The van der Waals surface area contributed by atoms with Crippen LogP contribution in [0.25, 0.3) is 0 Å². The molecule has 34 heavy (non-hydrogen) atoms. The third-order valence-corrected chi connectivity index (χ3v) is 6.30. The summed E-state index contributed by atoms with van der Waals surface area (Å²) in [6.07, 6.45) is 0.836. The van der Waals surface area contributed by atoms with E-state index in [0.717, 1.165) is 28.9 Å². The Kier molecular flexibility index (Phi) is 7.14. The van der Waals surface area contributed by atoms with E-state index in [0.29, 0.717) is 31.7 Å². The van der Waals surface area contributed by atoms with E-state index in [9.17, 15) is 19.5 Å². The SMILES string of the molecule is CN(C(=O)Cc1ccc2c(c1)NC(=O)C2)[C@H](CN1CCC(O)C1)c1cccc(OCC(=O)O)c1. The van der Waals surface area contributed by atoms with E-state index in [4.69, 9.17) is 9.84 Å². The standard InChI is InChI=1S/C25H29N3O6/c1-27(24(31)10-16-5-6-17-12-23(30)26-21(17)9-16)22(14-28-8-7-19(29)13-28)18-3-2-4-20(11-18)34-15-25(32)33/h2-6,9,11,19,22,29H,7-8,10,12-15H2,1H3,(H,26,30)(H,32,33)/t19?,22-/m1/s1. The summed E-state index contributed by atoms with van der Waals surface area (Å²) >= 11 is 0. The molecule has 2 amide bonds. The number of β-amino-alcohol motifs (C(OH)–C–C–N with tert-alkyl or cyclic N) is 1. The van der Waals surface area contributed by atoms with Crippen molar-refractivity contribution < 1.29 is 29.3 Å². The molecule has 2 atom stereocenters. The second-order valence-corrected chi connectivity index (χ2v) is 8.87. The molecule has 0 bridgehead atoms. The number of nitrogens with zero attached hydrogens (tertiary/aromatic N) is 2. The maximum atomic E-state index is 13.3. The number of benzene rings is 2. The second-order valence-electron chi connectivity index (χ2n) is 8.87. The number of carboxylic acid groups (broad SMARTS) is 1. The Morgan fingerprint density at radius 2 is 2.09 bits per heavy atom. The lowest BCUT2D eigenvalue weighted by atomic mass is 10.0. The largest absolute Gasteiger partial charge is 0.482 e. The molecular formula is C25H29N3O6. The van der Waals surface area contributed by atoms with Crippen LogP contribution in [0.1, 0.15) is 29.2 Å². The highest BCUT2D eigenvalue weighted by Gasteiger charge is 2.29. The highest BCUT2D eigenvalue weighted by atomic mass is 16.5. The normalized spacial score (nSPS) is 18.3. The van der Waals surface area contributed by atoms with Crippen molar-refractivity contribution in [2.24, 2.45) is 0 Å². The minimum atomic E-state index is -1.06. The molecule has 0 aliphatic carbocycles. The molecule has 0 saturated carbocycles. The van der Waals surface area contributed by atoms with E-state index in [-0.39, 0.29) is 30.4 Å². The first-order valence-electron chi connectivity index (χ1n) is 11.3. The molecule has 2 aliphatic heterocycles. The van der Waals surface area contributed by atoms with E-state index in [1.54, 1.807) is 30.1 Å². The average Bonchev–Trinajstić information content (AvgIpc) is 3.39. The Bertz CT molecular complexity index is 1090. The number of nitrogens with one attached hydrogen (secondary N) is 1. The van der Waals surface area contributed by atoms with Crippen LogP contribution >= 0.6 is 0 Å². The summed E-state index contributed by atoms with van der Waals surface area (Å²) in [5, 5.41) is 21.7. The van der Waals surface area contributed by atoms with Crippen molar-refractivity contribution in [1.82, 2.24) is 9.80 Å². The van der Waals surface area contributed by atoms with Crippen LogP contribution in [-0.2, 0) is 27.2 Å². The van der Waals surface area contributed by atoms with Crippen LogP contribution in [0.5, 0.6) is 5.75 Å². The predicted octanol–water partition coefficient (Wildman–Crippen LogP) is 1.45.